The zero-order valence-corrected chi connectivity index (χ0v) is 13.7. The SMILES string of the molecule is CNC(=S)NCCNC(=S)COc1cccc(C)c1C. The molecule has 3 N–H and O–H groups in total. The molecule has 20 heavy (non-hydrogen) atoms. The third-order valence-electron chi connectivity index (χ3n) is 2.87. The van der Waals surface area contributed by atoms with Crippen LogP contribution in [-0.2, 0) is 0 Å². The quantitative estimate of drug-likeness (QED) is 0.549. The molecule has 1 rings (SSSR count). The van der Waals surface area contributed by atoms with E-state index in [4.69, 9.17) is 29.2 Å². The number of rotatable bonds is 6. The van der Waals surface area contributed by atoms with Crippen LogP contribution in [0.15, 0.2) is 18.2 Å². The molecule has 0 heterocycles. The van der Waals surface area contributed by atoms with Gasteiger partial charge in [0.25, 0.3) is 0 Å². The summed E-state index contributed by atoms with van der Waals surface area (Å²) in [5.74, 6) is 0.878. The minimum atomic E-state index is 0.385. The molecule has 0 saturated heterocycles. The molecule has 110 valence electrons. The highest BCUT2D eigenvalue weighted by Crippen LogP contribution is 2.20. The lowest BCUT2D eigenvalue weighted by Gasteiger charge is -2.13. The Morgan fingerprint density at radius 1 is 1.15 bits per heavy atom. The van der Waals surface area contributed by atoms with Gasteiger partial charge in [-0.25, -0.2) is 0 Å². The zero-order chi connectivity index (χ0) is 15.0. The number of thiocarbonyl (C=S) groups is 2. The van der Waals surface area contributed by atoms with Crippen molar-refractivity contribution in [2.75, 3.05) is 26.7 Å². The van der Waals surface area contributed by atoms with Gasteiger partial charge in [-0.2, -0.15) is 0 Å². The lowest BCUT2D eigenvalue weighted by molar-refractivity contribution is 0.371. The van der Waals surface area contributed by atoms with Gasteiger partial charge in [0, 0.05) is 20.1 Å². The highest BCUT2D eigenvalue weighted by Gasteiger charge is 2.03. The van der Waals surface area contributed by atoms with Gasteiger partial charge >= 0.3 is 0 Å². The van der Waals surface area contributed by atoms with Crippen molar-refractivity contribution in [2.24, 2.45) is 0 Å². The molecule has 0 saturated carbocycles. The second-order valence-electron chi connectivity index (χ2n) is 4.34. The van der Waals surface area contributed by atoms with Crippen molar-refractivity contribution in [1.82, 2.24) is 16.0 Å². The van der Waals surface area contributed by atoms with Crippen LogP contribution in [0, 0.1) is 13.8 Å². The molecule has 0 radical (unpaired) electrons. The van der Waals surface area contributed by atoms with E-state index in [2.05, 4.69) is 28.9 Å². The highest BCUT2D eigenvalue weighted by molar-refractivity contribution is 7.80. The Hall–Kier alpha value is -1.40. The molecular formula is C14H21N3OS2. The van der Waals surface area contributed by atoms with Gasteiger partial charge in [-0.3, -0.25) is 0 Å². The van der Waals surface area contributed by atoms with E-state index in [0.29, 0.717) is 29.8 Å². The van der Waals surface area contributed by atoms with E-state index in [1.165, 1.54) is 5.56 Å². The molecule has 1 aromatic rings. The number of nitrogens with one attached hydrogen (secondary N) is 3. The summed E-state index contributed by atoms with van der Waals surface area (Å²) in [4.78, 5) is 0.683. The Morgan fingerprint density at radius 3 is 2.55 bits per heavy atom. The molecule has 0 aromatic heterocycles. The van der Waals surface area contributed by atoms with Gasteiger partial charge in [0.05, 0.1) is 0 Å². The summed E-state index contributed by atoms with van der Waals surface area (Å²) in [6.45, 7) is 5.91. The molecule has 0 aliphatic heterocycles. The van der Waals surface area contributed by atoms with E-state index < -0.39 is 0 Å². The normalized spacial score (nSPS) is 9.75. The van der Waals surface area contributed by atoms with Gasteiger partial charge in [-0.15, -0.1) is 0 Å². The van der Waals surface area contributed by atoms with Crippen LogP contribution in [-0.4, -0.2) is 36.8 Å². The first-order valence-electron chi connectivity index (χ1n) is 6.46. The third kappa shape index (κ3) is 5.71. The van der Waals surface area contributed by atoms with Crippen molar-refractivity contribution < 1.29 is 4.74 Å². The van der Waals surface area contributed by atoms with Crippen LogP contribution in [0.1, 0.15) is 11.1 Å². The fraction of sp³-hybridized carbons (Fsp3) is 0.429. The predicted octanol–water partition coefficient (Wildman–Crippen LogP) is 1.69. The number of aryl methyl sites for hydroxylation is 1. The maximum absolute atomic E-state index is 5.72. The zero-order valence-electron chi connectivity index (χ0n) is 12.1. The lowest BCUT2D eigenvalue weighted by Crippen LogP contribution is -2.39. The average Bonchev–Trinajstić information content (AvgIpc) is 2.44. The van der Waals surface area contributed by atoms with Crippen LogP contribution < -0.4 is 20.7 Å². The third-order valence-corrected chi connectivity index (χ3v) is 3.48. The molecule has 0 amide bonds. The van der Waals surface area contributed by atoms with Gasteiger partial charge in [-0.1, -0.05) is 24.4 Å². The maximum Gasteiger partial charge on any atom is 0.166 e. The molecule has 0 unspecified atom stereocenters. The molecule has 0 atom stereocenters. The van der Waals surface area contributed by atoms with Crippen molar-refractivity contribution in [1.29, 1.82) is 0 Å². The van der Waals surface area contributed by atoms with Crippen molar-refractivity contribution in [2.45, 2.75) is 13.8 Å². The van der Waals surface area contributed by atoms with Crippen molar-refractivity contribution in [3.8, 4) is 5.75 Å². The minimum Gasteiger partial charge on any atom is -0.486 e. The van der Waals surface area contributed by atoms with Crippen LogP contribution in [0.25, 0.3) is 0 Å². The second kappa shape index (κ2) is 8.71. The molecule has 4 nitrogen and oxygen atoms in total. The number of hydrogen-bond donors (Lipinski definition) is 3. The Morgan fingerprint density at radius 2 is 1.85 bits per heavy atom. The first-order valence-corrected chi connectivity index (χ1v) is 7.27. The van der Waals surface area contributed by atoms with E-state index in [1.54, 1.807) is 7.05 Å². The smallest absolute Gasteiger partial charge is 0.166 e. The van der Waals surface area contributed by atoms with Gasteiger partial charge in [0.15, 0.2) is 5.11 Å². The molecule has 0 aliphatic carbocycles. The monoisotopic (exact) mass is 311 g/mol. The van der Waals surface area contributed by atoms with Crippen molar-refractivity contribution in [3.63, 3.8) is 0 Å². The topological polar surface area (TPSA) is 45.3 Å². The van der Waals surface area contributed by atoms with Crippen molar-refractivity contribution >= 4 is 34.5 Å². The fourth-order valence-electron chi connectivity index (χ4n) is 1.54. The van der Waals surface area contributed by atoms with Gasteiger partial charge < -0.3 is 20.7 Å². The molecule has 0 fully saturated rings. The summed E-state index contributed by atoms with van der Waals surface area (Å²) in [7, 11) is 1.78. The molecule has 6 heteroatoms. The van der Waals surface area contributed by atoms with Gasteiger partial charge in [0.2, 0.25) is 0 Å². The Bertz CT molecular complexity index is 477. The molecular weight excluding hydrogens is 290 g/mol. The molecule has 0 aliphatic rings. The van der Waals surface area contributed by atoms with Crippen LogP contribution >= 0.6 is 24.4 Å². The van der Waals surface area contributed by atoms with Crippen LogP contribution in [0.2, 0.25) is 0 Å². The summed E-state index contributed by atoms with van der Waals surface area (Å²) in [6, 6.07) is 6.00. The van der Waals surface area contributed by atoms with E-state index >= 15 is 0 Å². The molecule has 0 spiro atoms. The Balaban J connectivity index is 2.26. The largest absolute Gasteiger partial charge is 0.486 e. The van der Waals surface area contributed by atoms with Crippen LogP contribution in [0.3, 0.4) is 0 Å². The number of benzene rings is 1. The average molecular weight is 311 g/mol. The maximum atomic E-state index is 5.72. The van der Waals surface area contributed by atoms with E-state index in [-0.39, 0.29) is 0 Å². The van der Waals surface area contributed by atoms with E-state index in [1.807, 2.05) is 19.1 Å². The summed E-state index contributed by atoms with van der Waals surface area (Å²) in [6.07, 6.45) is 0. The lowest BCUT2D eigenvalue weighted by atomic mass is 10.1. The van der Waals surface area contributed by atoms with Crippen LogP contribution in [0.5, 0.6) is 5.75 Å². The molecule has 1 aromatic carbocycles. The fourth-order valence-corrected chi connectivity index (χ4v) is 1.80. The summed E-state index contributed by atoms with van der Waals surface area (Å²) in [5.41, 5.74) is 2.36. The van der Waals surface area contributed by atoms with E-state index in [0.717, 1.165) is 11.3 Å². The Labute approximate surface area is 131 Å². The Kier molecular flexibility index (Phi) is 7.25. The van der Waals surface area contributed by atoms with Gasteiger partial charge in [0.1, 0.15) is 17.3 Å². The number of hydrogen-bond acceptors (Lipinski definition) is 3. The first kappa shape index (κ1) is 16.7. The summed E-state index contributed by atoms with van der Waals surface area (Å²) in [5, 5.41) is 9.63. The minimum absolute atomic E-state index is 0.385. The summed E-state index contributed by atoms with van der Waals surface area (Å²) >= 11 is 10.2. The predicted molar refractivity (Wildman–Crippen MR) is 91.7 cm³/mol. The van der Waals surface area contributed by atoms with Gasteiger partial charge in [-0.05, 0) is 43.3 Å². The second-order valence-corrected chi connectivity index (χ2v) is 5.24. The standard InChI is InChI=1S/C14H21N3OS2/c1-10-5-4-6-12(11(10)2)18-9-13(19)16-7-8-17-14(20)15-3/h4-6H,7-9H2,1-3H3,(H,16,19)(H2,15,17,20). The highest BCUT2D eigenvalue weighted by atomic mass is 32.1. The van der Waals surface area contributed by atoms with Crippen molar-refractivity contribution in [3.05, 3.63) is 29.3 Å². The summed E-state index contributed by atoms with van der Waals surface area (Å²) < 4.78 is 5.72. The van der Waals surface area contributed by atoms with Crippen LogP contribution in [0.4, 0.5) is 0 Å². The number of ether oxygens (including phenoxy) is 1. The first-order chi connectivity index (χ1) is 9.54. The molecule has 0 bridgehead atoms. The van der Waals surface area contributed by atoms with E-state index in [9.17, 15) is 0 Å².